The minimum absolute atomic E-state index is 0.195. The zero-order chi connectivity index (χ0) is 25.1. The van der Waals surface area contributed by atoms with Gasteiger partial charge in [-0.25, -0.2) is 9.79 Å². The fraction of sp³-hybridized carbons (Fsp3) is 0.240. The molecule has 1 aliphatic rings. The third kappa shape index (κ3) is 4.69. The van der Waals surface area contributed by atoms with Crippen molar-refractivity contribution in [2.75, 3.05) is 26.1 Å². The number of anilines is 1. The Morgan fingerprint density at radius 1 is 1.20 bits per heavy atom. The number of hydrogen-bond acceptors (Lipinski definition) is 8. The van der Waals surface area contributed by atoms with Gasteiger partial charge >= 0.3 is 5.97 Å². The molecule has 0 fully saturated rings. The highest BCUT2D eigenvalue weighted by Crippen LogP contribution is 2.36. The molecule has 35 heavy (non-hydrogen) atoms. The maximum atomic E-state index is 13.6. The Hall–Kier alpha value is -3.56. The van der Waals surface area contributed by atoms with Gasteiger partial charge in [0, 0.05) is 6.20 Å². The predicted molar refractivity (Wildman–Crippen MR) is 136 cm³/mol. The number of carbonyl (C=O) groups is 1. The molecule has 4 rings (SSSR count). The number of allylic oxidation sites excluding steroid dienone is 1. The maximum absolute atomic E-state index is 13.6. The molecular weight excluding hydrogens is 490 g/mol. The molecule has 3 aromatic rings. The Bertz CT molecular complexity index is 1490. The summed E-state index contributed by atoms with van der Waals surface area (Å²) in [5.41, 5.74) is 1.79. The summed E-state index contributed by atoms with van der Waals surface area (Å²) < 4.78 is 18.1. The molecule has 0 radical (unpaired) electrons. The molecule has 8 nitrogen and oxygen atoms in total. The van der Waals surface area contributed by atoms with Gasteiger partial charge in [0.1, 0.15) is 4.53 Å². The number of benzene rings is 2. The lowest BCUT2D eigenvalue weighted by atomic mass is 9.95. The van der Waals surface area contributed by atoms with E-state index in [1.54, 1.807) is 51.4 Å². The average molecular weight is 514 g/mol. The van der Waals surface area contributed by atoms with E-state index < -0.39 is 12.0 Å². The molecule has 0 saturated heterocycles. The largest absolute Gasteiger partial charge is 0.493 e. The van der Waals surface area contributed by atoms with Gasteiger partial charge in [-0.05, 0) is 43.7 Å². The third-order valence-corrected chi connectivity index (χ3v) is 6.79. The monoisotopic (exact) mass is 513 g/mol. The summed E-state index contributed by atoms with van der Waals surface area (Å²) in [6.45, 7) is 3.66. The smallest absolute Gasteiger partial charge is 0.338 e. The standard InChI is InChI=1S/C25H24ClN3O5S/c1-5-34-24(31)21-14(2)28-25-29(22(21)15-10-11-18(32-3)19(12-15)33-4)23(30)20(35-25)13-27-17-9-7-6-8-16(17)26/h6-13,22,27H,5H2,1-4H3/b20-13-/t22-/m0/s1. The summed E-state index contributed by atoms with van der Waals surface area (Å²) in [4.78, 5) is 31.6. The van der Waals surface area contributed by atoms with E-state index in [9.17, 15) is 9.59 Å². The van der Waals surface area contributed by atoms with E-state index in [-0.39, 0.29) is 17.7 Å². The van der Waals surface area contributed by atoms with E-state index in [2.05, 4.69) is 10.3 Å². The van der Waals surface area contributed by atoms with Gasteiger partial charge in [0.25, 0.3) is 5.56 Å². The highest BCUT2D eigenvalue weighted by molar-refractivity contribution is 7.07. The number of aromatic nitrogens is 1. The summed E-state index contributed by atoms with van der Waals surface area (Å²) in [7, 11) is 3.07. The molecule has 0 saturated carbocycles. The lowest BCUT2D eigenvalue weighted by Gasteiger charge is -2.25. The summed E-state index contributed by atoms with van der Waals surface area (Å²) in [6, 6.07) is 11.8. The average Bonchev–Trinajstić information content (AvgIpc) is 3.16. The summed E-state index contributed by atoms with van der Waals surface area (Å²) in [5, 5.41) is 3.62. The van der Waals surface area contributed by atoms with Crippen molar-refractivity contribution in [3.63, 3.8) is 0 Å². The number of nitrogens with one attached hydrogen (secondary N) is 1. The van der Waals surface area contributed by atoms with E-state index in [1.165, 1.54) is 23.0 Å². The summed E-state index contributed by atoms with van der Waals surface area (Å²) >= 11 is 7.44. The molecule has 0 aliphatic carbocycles. The molecule has 2 aromatic carbocycles. The van der Waals surface area contributed by atoms with Crippen molar-refractivity contribution in [3.05, 3.63) is 84.0 Å². The maximum Gasteiger partial charge on any atom is 0.338 e. The van der Waals surface area contributed by atoms with Gasteiger partial charge in [0.2, 0.25) is 0 Å². The molecule has 0 bridgehead atoms. The first-order valence-electron chi connectivity index (χ1n) is 10.8. The van der Waals surface area contributed by atoms with E-state index in [4.69, 9.17) is 25.8 Å². The van der Waals surface area contributed by atoms with Gasteiger partial charge in [-0.3, -0.25) is 9.36 Å². The number of fused-ring (bicyclic) bond motifs is 1. The second-order valence-corrected chi connectivity index (χ2v) is 8.96. The molecule has 0 unspecified atom stereocenters. The molecule has 1 aliphatic heterocycles. The van der Waals surface area contributed by atoms with E-state index in [1.807, 2.05) is 18.2 Å². The van der Waals surface area contributed by atoms with Crippen molar-refractivity contribution < 1.29 is 19.0 Å². The van der Waals surface area contributed by atoms with Crippen molar-refractivity contribution in [2.24, 2.45) is 4.99 Å². The molecule has 10 heteroatoms. The quantitative estimate of drug-likeness (QED) is 0.486. The number of carbonyl (C=O) groups excluding carboxylic acids is 1. The van der Waals surface area contributed by atoms with Gasteiger partial charge < -0.3 is 19.5 Å². The number of ether oxygens (including phenoxy) is 3. The lowest BCUT2D eigenvalue weighted by Crippen LogP contribution is -2.40. The van der Waals surface area contributed by atoms with Crippen LogP contribution in [-0.2, 0) is 9.53 Å². The third-order valence-electron chi connectivity index (χ3n) is 5.47. The second-order valence-electron chi connectivity index (χ2n) is 7.54. The topological polar surface area (TPSA) is 91.2 Å². The molecule has 182 valence electrons. The van der Waals surface area contributed by atoms with E-state index >= 15 is 0 Å². The number of rotatable bonds is 7. The van der Waals surface area contributed by atoms with E-state index in [0.717, 1.165) is 0 Å². The normalized spacial score (nSPS) is 15.3. The molecular formula is C25H24ClN3O5S. The second kappa shape index (κ2) is 10.4. The van der Waals surface area contributed by atoms with Gasteiger partial charge in [0.15, 0.2) is 16.3 Å². The molecule has 0 amide bonds. The predicted octanol–water partition coefficient (Wildman–Crippen LogP) is 3.49. The fourth-order valence-corrected chi connectivity index (χ4v) is 5.01. The first-order valence-corrected chi connectivity index (χ1v) is 12.0. The lowest BCUT2D eigenvalue weighted by molar-refractivity contribution is -0.139. The molecule has 2 heterocycles. The Morgan fingerprint density at radius 2 is 1.94 bits per heavy atom. The Labute approximate surface area is 210 Å². The van der Waals surface area contributed by atoms with Crippen LogP contribution in [0.25, 0.3) is 6.20 Å². The zero-order valence-electron chi connectivity index (χ0n) is 19.6. The van der Waals surface area contributed by atoms with Crippen LogP contribution in [0, 0.1) is 0 Å². The minimum Gasteiger partial charge on any atom is -0.493 e. The highest BCUT2D eigenvalue weighted by atomic mass is 35.5. The summed E-state index contributed by atoms with van der Waals surface area (Å²) in [6.07, 6.45) is 1.60. The van der Waals surface area contributed by atoms with Gasteiger partial charge in [-0.2, -0.15) is 0 Å². The first-order chi connectivity index (χ1) is 16.9. The Morgan fingerprint density at radius 3 is 2.63 bits per heavy atom. The van der Waals surface area contributed by atoms with Crippen LogP contribution in [-0.4, -0.2) is 31.4 Å². The number of esters is 1. The molecule has 1 N–H and O–H groups in total. The SMILES string of the molecule is CCOC(=O)C1=C(C)N=c2s/c(=C\Nc3ccccc3Cl)c(=O)n2[C@H]1c1ccc(OC)c(OC)c1. The van der Waals surface area contributed by atoms with Crippen LogP contribution in [0.15, 0.2) is 63.5 Å². The summed E-state index contributed by atoms with van der Waals surface area (Å²) in [5.74, 6) is 0.480. The molecule has 0 spiro atoms. The van der Waals surface area contributed by atoms with Crippen molar-refractivity contribution in [1.29, 1.82) is 0 Å². The van der Waals surface area contributed by atoms with Crippen LogP contribution >= 0.6 is 22.9 Å². The van der Waals surface area contributed by atoms with Crippen molar-refractivity contribution in [2.45, 2.75) is 19.9 Å². The zero-order valence-corrected chi connectivity index (χ0v) is 21.2. The first kappa shape index (κ1) is 24.6. The number of nitrogens with zero attached hydrogens (tertiary/aromatic N) is 2. The van der Waals surface area contributed by atoms with Gasteiger partial charge in [-0.1, -0.05) is 41.1 Å². The Balaban J connectivity index is 1.90. The highest BCUT2D eigenvalue weighted by Gasteiger charge is 2.33. The number of para-hydroxylation sites is 1. The van der Waals surface area contributed by atoms with Crippen LogP contribution in [0.4, 0.5) is 5.69 Å². The van der Waals surface area contributed by atoms with E-state index in [0.29, 0.717) is 42.8 Å². The fourth-order valence-electron chi connectivity index (χ4n) is 3.85. The van der Waals surface area contributed by atoms with Crippen LogP contribution in [0.1, 0.15) is 25.5 Å². The number of thiazole rings is 1. The van der Waals surface area contributed by atoms with Gasteiger partial charge in [-0.15, -0.1) is 0 Å². The van der Waals surface area contributed by atoms with Crippen molar-refractivity contribution >= 4 is 40.8 Å². The number of methoxy groups -OCH3 is 2. The molecule has 1 atom stereocenters. The number of hydrogen-bond donors (Lipinski definition) is 1. The molecule has 1 aromatic heterocycles. The van der Waals surface area contributed by atoms with Crippen LogP contribution in [0.3, 0.4) is 0 Å². The van der Waals surface area contributed by atoms with Crippen LogP contribution in [0.5, 0.6) is 11.5 Å². The van der Waals surface area contributed by atoms with Gasteiger partial charge in [0.05, 0.1) is 48.8 Å². The van der Waals surface area contributed by atoms with Crippen molar-refractivity contribution in [1.82, 2.24) is 4.57 Å². The Kier molecular flexibility index (Phi) is 7.28. The number of halogens is 1. The minimum atomic E-state index is -0.757. The van der Waals surface area contributed by atoms with Crippen LogP contribution < -0.4 is 29.7 Å². The van der Waals surface area contributed by atoms with Crippen LogP contribution in [0.2, 0.25) is 5.02 Å². The van der Waals surface area contributed by atoms with Crippen molar-refractivity contribution in [3.8, 4) is 11.5 Å².